The van der Waals surface area contributed by atoms with Crippen LogP contribution in [-0.4, -0.2) is 15.9 Å². The number of H-pyrrole nitrogens is 1. The van der Waals surface area contributed by atoms with Crippen molar-refractivity contribution >= 4 is 22.6 Å². The summed E-state index contributed by atoms with van der Waals surface area (Å²) in [5.74, 6) is 0.627. The van der Waals surface area contributed by atoms with Crippen LogP contribution in [0, 0.1) is 5.92 Å². The molecule has 2 aromatic rings. The van der Waals surface area contributed by atoms with Gasteiger partial charge in [-0.15, -0.1) is 0 Å². The second-order valence-corrected chi connectivity index (χ2v) is 3.93. The number of fused-ring (bicyclic) bond motifs is 1. The Kier molecular flexibility index (Phi) is 2.90. The molecule has 1 amide bonds. The molecular formula is C12H15N3O. The minimum atomic E-state index is 0.0147. The third-order valence-corrected chi connectivity index (χ3v) is 2.75. The average molecular weight is 217 g/mol. The van der Waals surface area contributed by atoms with E-state index in [4.69, 9.17) is 0 Å². The van der Waals surface area contributed by atoms with Crippen LogP contribution in [0.15, 0.2) is 24.5 Å². The molecule has 2 rings (SSSR count). The van der Waals surface area contributed by atoms with Crippen molar-refractivity contribution in [3.63, 3.8) is 0 Å². The first kappa shape index (κ1) is 10.7. The average Bonchev–Trinajstić information content (AvgIpc) is 2.75. The summed E-state index contributed by atoms with van der Waals surface area (Å²) in [5.41, 5.74) is 0.981. The molecule has 0 radical (unpaired) electrons. The van der Waals surface area contributed by atoms with Crippen LogP contribution in [-0.2, 0) is 4.79 Å². The lowest BCUT2D eigenvalue weighted by atomic mass is 10.1. The van der Waals surface area contributed by atoms with E-state index in [9.17, 15) is 4.79 Å². The summed E-state index contributed by atoms with van der Waals surface area (Å²) in [6, 6.07) is 3.79. The van der Waals surface area contributed by atoms with E-state index < -0.39 is 0 Å². The fourth-order valence-electron chi connectivity index (χ4n) is 1.45. The lowest BCUT2D eigenvalue weighted by Gasteiger charge is -2.08. The van der Waals surface area contributed by atoms with E-state index in [1.54, 1.807) is 6.20 Å². The molecule has 2 heterocycles. The zero-order chi connectivity index (χ0) is 11.5. The number of anilines is 1. The summed E-state index contributed by atoms with van der Waals surface area (Å²) in [6.07, 6.45) is 4.43. The van der Waals surface area contributed by atoms with Crippen molar-refractivity contribution < 1.29 is 4.79 Å². The third-order valence-electron chi connectivity index (χ3n) is 2.75. The van der Waals surface area contributed by atoms with Crippen LogP contribution in [0.4, 0.5) is 5.82 Å². The molecule has 1 unspecified atom stereocenters. The minimum absolute atomic E-state index is 0.0147. The van der Waals surface area contributed by atoms with Crippen LogP contribution in [0.3, 0.4) is 0 Å². The molecule has 0 spiro atoms. The maximum absolute atomic E-state index is 11.7. The van der Waals surface area contributed by atoms with E-state index in [-0.39, 0.29) is 11.8 Å². The second kappa shape index (κ2) is 4.35. The van der Waals surface area contributed by atoms with Gasteiger partial charge in [-0.05, 0) is 12.5 Å². The van der Waals surface area contributed by atoms with Gasteiger partial charge < -0.3 is 10.3 Å². The van der Waals surface area contributed by atoms with E-state index in [1.807, 2.05) is 32.2 Å². The molecule has 0 aromatic carbocycles. The highest BCUT2D eigenvalue weighted by molar-refractivity contribution is 5.93. The van der Waals surface area contributed by atoms with Gasteiger partial charge in [0, 0.05) is 29.8 Å². The molecule has 0 saturated heterocycles. The first-order valence-corrected chi connectivity index (χ1v) is 5.44. The molecule has 84 valence electrons. The summed E-state index contributed by atoms with van der Waals surface area (Å²) in [7, 11) is 0. The van der Waals surface area contributed by atoms with Crippen LogP contribution >= 0.6 is 0 Å². The third kappa shape index (κ3) is 2.05. The Morgan fingerprint density at radius 3 is 3.19 bits per heavy atom. The van der Waals surface area contributed by atoms with E-state index in [1.165, 1.54) is 0 Å². The van der Waals surface area contributed by atoms with Crippen molar-refractivity contribution in [3.8, 4) is 0 Å². The number of pyridine rings is 1. The van der Waals surface area contributed by atoms with Crippen LogP contribution < -0.4 is 5.32 Å². The maximum Gasteiger partial charge on any atom is 0.228 e. The molecule has 2 aromatic heterocycles. The summed E-state index contributed by atoms with van der Waals surface area (Å²) in [4.78, 5) is 18.9. The largest absolute Gasteiger partial charge is 0.361 e. The topological polar surface area (TPSA) is 57.8 Å². The SMILES string of the molecule is CCC(C)C(=O)Nc1cc2[nH]ccc2cn1. The highest BCUT2D eigenvalue weighted by atomic mass is 16.1. The summed E-state index contributed by atoms with van der Waals surface area (Å²) in [5, 5.41) is 3.85. The van der Waals surface area contributed by atoms with Gasteiger partial charge in [-0.2, -0.15) is 0 Å². The fraction of sp³-hybridized carbons (Fsp3) is 0.333. The van der Waals surface area contributed by atoms with Gasteiger partial charge in [0.1, 0.15) is 5.82 Å². The van der Waals surface area contributed by atoms with Crippen molar-refractivity contribution in [1.82, 2.24) is 9.97 Å². The normalized spacial score (nSPS) is 12.6. The van der Waals surface area contributed by atoms with Crippen molar-refractivity contribution in [3.05, 3.63) is 24.5 Å². The smallest absolute Gasteiger partial charge is 0.228 e. The van der Waals surface area contributed by atoms with Gasteiger partial charge in [0.25, 0.3) is 0 Å². The molecule has 1 atom stereocenters. The zero-order valence-electron chi connectivity index (χ0n) is 9.45. The molecule has 0 aliphatic rings. The lowest BCUT2D eigenvalue weighted by molar-refractivity contribution is -0.119. The number of carbonyl (C=O) groups excluding carboxylic acids is 1. The van der Waals surface area contributed by atoms with E-state index in [0.717, 1.165) is 17.3 Å². The minimum Gasteiger partial charge on any atom is -0.361 e. The van der Waals surface area contributed by atoms with Crippen molar-refractivity contribution in [2.45, 2.75) is 20.3 Å². The van der Waals surface area contributed by atoms with Gasteiger partial charge in [0.2, 0.25) is 5.91 Å². The van der Waals surface area contributed by atoms with Gasteiger partial charge in [0.05, 0.1) is 5.52 Å². The molecule has 4 heteroatoms. The number of nitrogens with zero attached hydrogens (tertiary/aromatic N) is 1. The van der Waals surface area contributed by atoms with Crippen LogP contribution in [0.1, 0.15) is 20.3 Å². The van der Waals surface area contributed by atoms with Gasteiger partial charge in [-0.1, -0.05) is 13.8 Å². The van der Waals surface area contributed by atoms with Crippen LogP contribution in [0.25, 0.3) is 10.9 Å². The maximum atomic E-state index is 11.7. The van der Waals surface area contributed by atoms with Crippen molar-refractivity contribution in [2.24, 2.45) is 5.92 Å². The number of hydrogen-bond donors (Lipinski definition) is 2. The number of carbonyl (C=O) groups is 1. The monoisotopic (exact) mass is 217 g/mol. The number of rotatable bonds is 3. The molecule has 4 nitrogen and oxygen atoms in total. The molecule has 0 aliphatic heterocycles. The Labute approximate surface area is 94.1 Å². The van der Waals surface area contributed by atoms with E-state index in [0.29, 0.717) is 5.82 Å². The summed E-state index contributed by atoms with van der Waals surface area (Å²) >= 11 is 0. The Bertz CT molecular complexity index is 504. The number of amides is 1. The zero-order valence-corrected chi connectivity index (χ0v) is 9.45. The fourth-order valence-corrected chi connectivity index (χ4v) is 1.45. The molecule has 0 aliphatic carbocycles. The van der Waals surface area contributed by atoms with Gasteiger partial charge >= 0.3 is 0 Å². The Morgan fingerprint density at radius 2 is 2.44 bits per heavy atom. The van der Waals surface area contributed by atoms with E-state index in [2.05, 4.69) is 15.3 Å². The predicted octanol–water partition coefficient (Wildman–Crippen LogP) is 2.55. The van der Waals surface area contributed by atoms with Gasteiger partial charge in [-0.25, -0.2) is 4.98 Å². The van der Waals surface area contributed by atoms with E-state index >= 15 is 0 Å². The van der Waals surface area contributed by atoms with Crippen molar-refractivity contribution in [2.75, 3.05) is 5.32 Å². The molecule has 0 bridgehead atoms. The lowest BCUT2D eigenvalue weighted by Crippen LogP contribution is -2.20. The Morgan fingerprint density at radius 1 is 1.62 bits per heavy atom. The van der Waals surface area contributed by atoms with Crippen molar-refractivity contribution in [1.29, 1.82) is 0 Å². The first-order chi connectivity index (χ1) is 7.70. The molecule has 2 N–H and O–H groups in total. The second-order valence-electron chi connectivity index (χ2n) is 3.93. The first-order valence-electron chi connectivity index (χ1n) is 5.44. The summed E-state index contributed by atoms with van der Waals surface area (Å²) < 4.78 is 0. The van der Waals surface area contributed by atoms with Gasteiger partial charge in [0.15, 0.2) is 0 Å². The van der Waals surface area contributed by atoms with Crippen LogP contribution in [0.2, 0.25) is 0 Å². The number of aromatic nitrogens is 2. The van der Waals surface area contributed by atoms with Gasteiger partial charge in [-0.3, -0.25) is 4.79 Å². The molecule has 16 heavy (non-hydrogen) atoms. The standard InChI is InChI=1S/C12H15N3O/c1-3-8(2)12(16)15-11-6-10-9(7-14-11)4-5-13-10/h4-8,13H,3H2,1-2H3,(H,14,15,16). The number of aromatic amines is 1. The summed E-state index contributed by atoms with van der Waals surface area (Å²) in [6.45, 7) is 3.90. The Balaban J connectivity index is 2.17. The number of hydrogen-bond acceptors (Lipinski definition) is 2. The predicted molar refractivity (Wildman–Crippen MR) is 64.2 cm³/mol. The highest BCUT2D eigenvalue weighted by Crippen LogP contribution is 2.15. The Hall–Kier alpha value is -1.84. The quantitative estimate of drug-likeness (QED) is 0.830. The molecular weight excluding hydrogens is 202 g/mol. The molecule has 0 saturated carbocycles. The molecule has 0 fully saturated rings. The van der Waals surface area contributed by atoms with Crippen LogP contribution in [0.5, 0.6) is 0 Å². The number of nitrogens with one attached hydrogen (secondary N) is 2. The highest BCUT2D eigenvalue weighted by Gasteiger charge is 2.11.